The number of benzene rings is 2. The Kier molecular flexibility index (Phi) is 5.98. The normalized spacial score (nSPS) is 15.2. The molecule has 0 aromatic heterocycles. The Hall–Kier alpha value is -1.63. The number of halogens is 2. The lowest BCUT2D eigenvalue weighted by atomic mass is 10.0. The van der Waals surface area contributed by atoms with Crippen LogP contribution in [0.4, 0.5) is 8.78 Å². The zero-order valence-electron chi connectivity index (χ0n) is 12.9. The van der Waals surface area contributed by atoms with Gasteiger partial charge in [0.15, 0.2) is 11.6 Å². The van der Waals surface area contributed by atoms with E-state index in [1.54, 1.807) is 25.3 Å². The highest BCUT2D eigenvalue weighted by molar-refractivity contribution is 7.84. The van der Waals surface area contributed by atoms with Gasteiger partial charge < -0.3 is 10.4 Å². The molecule has 0 radical (unpaired) electrons. The van der Waals surface area contributed by atoms with Gasteiger partial charge in [-0.1, -0.05) is 18.2 Å². The third-order valence-electron chi connectivity index (χ3n) is 3.64. The van der Waals surface area contributed by atoms with Crippen molar-refractivity contribution in [2.24, 2.45) is 0 Å². The van der Waals surface area contributed by atoms with Crippen molar-refractivity contribution in [3.05, 3.63) is 65.2 Å². The molecule has 2 aromatic rings. The number of hydrogen-bond donors (Lipinski definition) is 2. The van der Waals surface area contributed by atoms with Crippen LogP contribution < -0.4 is 5.32 Å². The molecule has 124 valence electrons. The lowest BCUT2D eigenvalue weighted by Crippen LogP contribution is -2.31. The molecule has 0 heterocycles. The number of aliphatic hydroxyl groups excluding tert-OH is 1. The largest absolute Gasteiger partial charge is 0.387 e. The number of rotatable bonds is 6. The van der Waals surface area contributed by atoms with E-state index in [0.717, 1.165) is 22.6 Å². The Bertz CT molecular complexity index is 691. The second-order valence-corrected chi connectivity index (χ2v) is 6.77. The van der Waals surface area contributed by atoms with Gasteiger partial charge in [0.25, 0.3) is 0 Å². The highest BCUT2D eigenvalue weighted by Gasteiger charge is 2.17. The van der Waals surface area contributed by atoms with Crippen LogP contribution >= 0.6 is 0 Å². The third kappa shape index (κ3) is 4.67. The van der Waals surface area contributed by atoms with Crippen LogP contribution in [0.5, 0.6) is 0 Å². The summed E-state index contributed by atoms with van der Waals surface area (Å²) in [4.78, 5) is 0.753. The molecule has 0 aliphatic carbocycles. The summed E-state index contributed by atoms with van der Waals surface area (Å²) in [6.45, 7) is 2.26. The lowest BCUT2D eigenvalue weighted by molar-refractivity contribution is 0.135. The Morgan fingerprint density at radius 1 is 1.13 bits per heavy atom. The standard InChI is InChI=1S/C17H19F2NO2S/c1-11(17(21)13-5-8-15(18)16(19)9-13)20-10-12-3-6-14(7-4-12)23(2)22/h3-9,11,17,20-21H,10H2,1-2H3. The summed E-state index contributed by atoms with van der Waals surface area (Å²) in [7, 11) is -1.01. The molecule has 0 saturated carbocycles. The highest BCUT2D eigenvalue weighted by atomic mass is 32.2. The van der Waals surface area contributed by atoms with Gasteiger partial charge >= 0.3 is 0 Å². The predicted molar refractivity (Wildman–Crippen MR) is 86.4 cm³/mol. The first kappa shape index (κ1) is 17.7. The van der Waals surface area contributed by atoms with Crippen molar-refractivity contribution >= 4 is 10.8 Å². The second kappa shape index (κ2) is 7.77. The van der Waals surface area contributed by atoms with E-state index in [-0.39, 0.29) is 6.04 Å². The van der Waals surface area contributed by atoms with Crippen LogP contribution in [0, 0.1) is 11.6 Å². The third-order valence-corrected chi connectivity index (χ3v) is 4.58. The topological polar surface area (TPSA) is 49.3 Å². The average Bonchev–Trinajstić information content (AvgIpc) is 2.54. The Labute approximate surface area is 136 Å². The van der Waals surface area contributed by atoms with Gasteiger partial charge in [0.2, 0.25) is 0 Å². The van der Waals surface area contributed by atoms with Gasteiger partial charge in [-0.15, -0.1) is 0 Å². The second-order valence-electron chi connectivity index (χ2n) is 5.39. The molecule has 0 aliphatic heterocycles. The fourth-order valence-corrected chi connectivity index (χ4v) is 2.69. The van der Waals surface area contributed by atoms with Crippen molar-refractivity contribution in [3.63, 3.8) is 0 Å². The van der Waals surface area contributed by atoms with E-state index >= 15 is 0 Å². The van der Waals surface area contributed by atoms with Gasteiger partial charge in [0, 0.05) is 34.5 Å². The molecule has 0 bridgehead atoms. The minimum Gasteiger partial charge on any atom is -0.387 e. The van der Waals surface area contributed by atoms with Gasteiger partial charge in [-0.3, -0.25) is 4.21 Å². The SMILES string of the molecule is CC(NCc1ccc(S(C)=O)cc1)C(O)c1ccc(F)c(F)c1. The number of nitrogens with one attached hydrogen (secondary N) is 1. The van der Waals surface area contributed by atoms with Crippen LogP contribution in [-0.4, -0.2) is 21.6 Å². The van der Waals surface area contributed by atoms with E-state index < -0.39 is 28.5 Å². The summed E-state index contributed by atoms with van der Waals surface area (Å²) >= 11 is 0. The quantitative estimate of drug-likeness (QED) is 0.851. The zero-order valence-corrected chi connectivity index (χ0v) is 13.7. The smallest absolute Gasteiger partial charge is 0.159 e. The van der Waals surface area contributed by atoms with Crippen LogP contribution in [0.2, 0.25) is 0 Å². The molecule has 23 heavy (non-hydrogen) atoms. The zero-order chi connectivity index (χ0) is 17.0. The Morgan fingerprint density at radius 3 is 2.35 bits per heavy atom. The molecular weight excluding hydrogens is 320 g/mol. The maximum absolute atomic E-state index is 13.2. The molecule has 2 N–H and O–H groups in total. The first-order valence-electron chi connectivity index (χ1n) is 7.17. The van der Waals surface area contributed by atoms with Gasteiger partial charge in [-0.2, -0.15) is 0 Å². The maximum Gasteiger partial charge on any atom is 0.159 e. The summed E-state index contributed by atoms with van der Waals surface area (Å²) in [6.07, 6.45) is 0.667. The molecule has 3 unspecified atom stereocenters. The number of hydrogen-bond acceptors (Lipinski definition) is 3. The van der Waals surface area contributed by atoms with Crippen molar-refractivity contribution < 1.29 is 18.1 Å². The number of aliphatic hydroxyl groups is 1. The molecule has 0 amide bonds. The monoisotopic (exact) mass is 339 g/mol. The van der Waals surface area contributed by atoms with Crippen molar-refractivity contribution in [2.45, 2.75) is 30.5 Å². The minimum atomic E-state index is -1.01. The first-order valence-corrected chi connectivity index (χ1v) is 8.73. The molecule has 0 spiro atoms. The molecule has 2 rings (SSSR count). The van der Waals surface area contributed by atoms with Crippen molar-refractivity contribution in [3.8, 4) is 0 Å². The summed E-state index contributed by atoms with van der Waals surface area (Å²) in [5.41, 5.74) is 1.30. The maximum atomic E-state index is 13.2. The van der Waals surface area contributed by atoms with Crippen molar-refractivity contribution in [1.29, 1.82) is 0 Å². The molecule has 3 nitrogen and oxygen atoms in total. The average molecular weight is 339 g/mol. The molecule has 6 heteroatoms. The molecule has 2 aromatic carbocycles. The van der Waals surface area contributed by atoms with Crippen molar-refractivity contribution in [2.75, 3.05) is 6.26 Å². The summed E-state index contributed by atoms with van der Waals surface area (Å²) in [5.74, 6) is -1.91. The van der Waals surface area contributed by atoms with Gasteiger partial charge in [0.05, 0.1) is 6.10 Å². The van der Waals surface area contributed by atoms with E-state index in [1.807, 2.05) is 12.1 Å². The van der Waals surface area contributed by atoms with Crippen LogP contribution in [0.15, 0.2) is 47.4 Å². The Balaban J connectivity index is 1.96. The van der Waals surface area contributed by atoms with Crippen molar-refractivity contribution in [1.82, 2.24) is 5.32 Å². The molecule has 3 atom stereocenters. The summed E-state index contributed by atoms with van der Waals surface area (Å²) < 4.78 is 37.5. The van der Waals surface area contributed by atoms with E-state index in [0.29, 0.717) is 12.1 Å². The minimum absolute atomic E-state index is 0.320. The molecule has 0 fully saturated rings. The fourth-order valence-electron chi connectivity index (χ4n) is 2.17. The van der Waals surface area contributed by atoms with Gasteiger partial charge in [-0.25, -0.2) is 8.78 Å². The van der Waals surface area contributed by atoms with Gasteiger partial charge in [-0.05, 0) is 42.3 Å². The highest BCUT2D eigenvalue weighted by Crippen LogP contribution is 2.19. The first-order chi connectivity index (χ1) is 10.9. The molecule has 0 saturated heterocycles. The van der Waals surface area contributed by atoms with Gasteiger partial charge in [0.1, 0.15) is 0 Å². The Morgan fingerprint density at radius 2 is 1.78 bits per heavy atom. The molecule has 0 aliphatic rings. The van der Waals surface area contributed by atoms with E-state index in [9.17, 15) is 18.1 Å². The van der Waals surface area contributed by atoms with E-state index in [4.69, 9.17) is 0 Å². The lowest BCUT2D eigenvalue weighted by Gasteiger charge is -2.21. The summed E-state index contributed by atoms with van der Waals surface area (Å²) in [5, 5.41) is 13.3. The summed E-state index contributed by atoms with van der Waals surface area (Å²) in [6, 6.07) is 10.3. The van der Waals surface area contributed by atoms with Crippen LogP contribution in [-0.2, 0) is 17.3 Å². The van der Waals surface area contributed by atoms with Crippen LogP contribution in [0.25, 0.3) is 0 Å². The molecular formula is C17H19F2NO2S. The van der Waals surface area contributed by atoms with E-state index in [2.05, 4.69) is 5.32 Å². The van der Waals surface area contributed by atoms with E-state index in [1.165, 1.54) is 6.07 Å². The van der Waals surface area contributed by atoms with Crippen LogP contribution in [0.3, 0.4) is 0 Å². The van der Waals surface area contributed by atoms with Crippen LogP contribution in [0.1, 0.15) is 24.2 Å². The predicted octanol–water partition coefficient (Wildman–Crippen LogP) is 2.91. The fraction of sp³-hybridized carbons (Fsp3) is 0.294.